The number of carboxylic acids is 1. The Balaban J connectivity index is 2.67. The Morgan fingerprint density at radius 1 is 1.14 bits per heavy atom. The maximum atomic E-state index is 11.9. The summed E-state index contributed by atoms with van der Waals surface area (Å²) in [5.41, 5.74) is 0.488. The fraction of sp³-hybridized carbons (Fsp3) is 0.429. The molecule has 1 aromatic carbocycles. The van der Waals surface area contributed by atoms with Crippen molar-refractivity contribution in [3.05, 3.63) is 29.8 Å². The van der Waals surface area contributed by atoms with Crippen LogP contribution in [0.5, 0.6) is 0 Å². The number of carboxylic acid groups (broad SMARTS) is 1. The number of aliphatic carboxylic acids is 1. The third kappa shape index (κ3) is 5.65. The summed E-state index contributed by atoms with van der Waals surface area (Å²) in [4.78, 5) is 22.1. The Bertz CT molecular complexity index is 592. The van der Waals surface area contributed by atoms with Gasteiger partial charge in [-0.05, 0) is 25.0 Å². The van der Waals surface area contributed by atoms with E-state index in [1.54, 1.807) is 0 Å². The lowest BCUT2D eigenvalue weighted by molar-refractivity contribution is -0.137. The second-order valence-electron chi connectivity index (χ2n) is 4.59. The average Bonchev–Trinajstić information content (AvgIpc) is 2.44. The van der Waals surface area contributed by atoms with Crippen LogP contribution in [0, 0.1) is 0 Å². The maximum Gasteiger partial charge on any atom is 0.303 e. The third-order valence-electron chi connectivity index (χ3n) is 2.82. The second-order valence-corrected chi connectivity index (χ2v) is 6.36. The van der Waals surface area contributed by atoms with Crippen molar-refractivity contribution in [3.63, 3.8) is 0 Å². The van der Waals surface area contributed by atoms with Crippen molar-refractivity contribution in [1.82, 2.24) is 4.72 Å². The van der Waals surface area contributed by atoms with Gasteiger partial charge in [0.15, 0.2) is 5.78 Å². The Hall–Kier alpha value is -1.73. The first-order chi connectivity index (χ1) is 9.86. The number of hydrogen-bond acceptors (Lipinski definition) is 4. The van der Waals surface area contributed by atoms with E-state index in [4.69, 9.17) is 5.11 Å². The van der Waals surface area contributed by atoms with Crippen molar-refractivity contribution >= 4 is 21.8 Å². The number of Topliss-reactive ketones (excluding diaryl/α,β-unsaturated/α-hetero) is 1. The average molecular weight is 313 g/mol. The van der Waals surface area contributed by atoms with Gasteiger partial charge >= 0.3 is 5.97 Å². The summed E-state index contributed by atoms with van der Waals surface area (Å²) in [6.45, 7) is 1.96. The summed E-state index contributed by atoms with van der Waals surface area (Å²) < 4.78 is 26.2. The van der Waals surface area contributed by atoms with Gasteiger partial charge < -0.3 is 5.11 Å². The molecule has 116 valence electrons. The van der Waals surface area contributed by atoms with Crippen LogP contribution >= 0.6 is 0 Å². The smallest absolute Gasteiger partial charge is 0.303 e. The van der Waals surface area contributed by atoms with Crippen LogP contribution < -0.4 is 4.72 Å². The van der Waals surface area contributed by atoms with Crippen LogP contribution in [-0.4, -0.2) is 31.8 Å². The lowest BCUT2D eigenvalue weighted by Gasteiger charge is -2.07. The fourth-order valence-electron chi connectivity index (χ4n) is 1.72. The molecule has 0 aliphatic rings. The highest BCUT2D eigenvalue weighted by atomic mass is 32.2. The number of hydrogen-bond donors (Lipinski definition) is 2. The molecule has 21 heavy (non-hydrogen) atoms. The lowest BCUT2D eigenvalue weighted by atomic mass is 10.1. The molecule has 0 amide bonds. The summed E-state index contributed by atoms with van der Waals surface area (Å²) in [6.07, 6.45) is 1.30. The molecule has 7 heteroatoms. The van der Waals surface area contributed by atoms with Crippen LogP contribution in [0.4, 0.5) is 0 Å². The molecule has 0 fully saturated rings. The minimum Gasteiger partial charge on any atom is -0.481 e. The van der Waals surface area contributed by atoms with E-state index in [1.807, 2.05) is 6.92 Å². The Morgan fingerprint density at radius 3 is 2.29 bits per heavy atom. The molecule has 0 unspecified atom stereocenters. The second kappa shape index (κ2) is 7.90. The summed E-state index contributed by atoms with van der Waals surface area (Å²) >= 11 is 0. The van der Waals surface area contributed by atoms with E-state index in [9.17, 15) is 18.0 Å². The lowest BCUT2D eigenvalue weighted by Crippen LogP contribution is -2.25. The van der Waals surface area contributed by atoms with Gasteiger partial charge in [-0.1, -0.05) is 19.1 Å². The first-order valence-corrected chi connectivity index (χ1v) is 8.20. The number of carbonyl (C=O) groups is 2. The van der Waals surface area contributed by atoms with Gasteiger partial charge in [-0.3, -0.25) is 9.59 Å². The molecular formula is C14H19NO5S. The van der Waals surface area contributed by atoms with Crippen LogP contribution in [0.3, 0.4) is 0 Å². The molecule has 0 atom stereocenters. The van der Waals surface area contributed by atoms with Crippen LogP contribution in [-0.2, 0) is 14.8 Å². The molecule has 1 rings (SSSR count). The van der Waals surface area contributed by atoms with E-state index >= 15 is 0 Å². The van der Waals surface area contributed by atoms with Crippen LogP contribution in [0.1, 0.15) is 43.0 Å². The van der Waals surface area contributed by atoms with Crippen molar-refractivity contribution in [3.8, 4) is 0 Å². The number of sulfonamides is 1. The molecular weight excluding hydrogens is 294 g/mol. The first kappa shape index (κ1) is 17.3. The standard InChI is InChI=1S/C14H19NO5S/c1-2-4-13(16)11-6-8-12(9-7-11)21(19,20)15-10-3-5-14(17)18/h6-9,15H,2-5,10H2,1H3,(H,17,18). The van der Waals surface area contributed by atoms with Gasteiger partial charge in [-0.15, -0.1) is 0 Å². The molecule has 2 N–H and O–H groups in total. The Labute approximate surface area is 124 Å². The topological polar surface area (TPSA) is 101 Å². The zero-order valence-electron chi connectivity index (χ0n) is 11.8. The highest BCUT2D eigenvalue weighted by Gasteiger charge is 2.14. The fourth-order valence-corrected chi connectivity index (χ4v) is 2.79. The van der Waals surface area contributed by atoms with Crippen LogP contribution in [0.25, 0.3) is 0 Å². The monoisotopic (exact) mass is 313 g/mol. The summed E-state index contributed by atoms with van der Waals surface area (Å²) in [5.74, 6) is -0.983. The number of ketones is 1. The first-order valence-electron chi connectivity index (χ1n) is 6.71. The van der Waals surface area contributed by atoms with Crippen LogP contribution in [0.15, 0.2) is 29.2 Å². The van der Waals surface area contributed by atoms with Gasteiger partial charge in [-0.25, -0.2) is 13.1 Å². The van der Waals surface area contributed by atoms with E-state index in [1.165, 1.54) is 24.3 Å². The molecule has 1 aromatic rings. The van der Waals surface area contributed by atoms with E-state index < -0.39 is 16.0 Å². The predicted octanol–water partition coefficient (Wildman–Crippen LogP) is 1.81. The highest BCUT2D eigenvalue weighted by Crippen LogP contribution is 2.12. The Kier molecular flexibility index (Phi) is 6.51. The van der Waals surface area contributed by atoms with Gasteiger partial charge in [0.25, 0.3) is 0 Å². The van der Waals surface area contributed by atoms with Crippen molar-refractivity contribution < 1.29 is 23.1 Å². The number of benzene rings is 1. The minimum atomic E-state index is -3.67. The van der Waals surface area contributed by atoms with Crippen molar-refractivity contribution in [2.75, 3.05) is 6.54 Å². The molecule has 0 aromatic heterocycles. The van der Waals surface area contributed by atoms with Crippen molar-refractivity contribution in [2.24, 2.45) is 0 Å². The molecule has 0 saturated carbocycles. The molecule has 6 nitrogen and oxygen atoms in total. The van der Waals surface area contributed by atoms with E-state index in [0.717, 1.165) is 6.42 Å². The Morgan fingerprint density at radius 2 is 1.76 bits per heavy atom. The van der Waals surface area contributed by atoms with Gasteiger partial charge in [0.2, 0.25) is 10.0 Å². The SMILES string of the molecule is CCCC(=O)c1ccc(S(=O)(=O)NCCCC(=O)O)cc1. The third-order valence-corrected chi connectivity index (χ3v) is 4.30. The van der Waals surface area contributed by atoms with E-state index in [-0.39, 0.29) is 30.1 Å². The van der Waals surface area contributed by atoms with E-state index in [2.05, 4.69) is 4.72 Å². The van der Waals surface area contributed by atoms with Gasteiger partial charge in [0, 0.05) is 24.9 Å². The van der Waals surface area contributed by atoms with Crippen molar-refractivity contribution in [1.29, 1.82) is 0 Å². The zero-order chi connectivity index (χ0) is 15.9. The normalized spacial score (nSPS) is 11.3. The largest absolute Gasteiger partial charge is 0.481 e. The van der Waals surface area contributed by atoms with Gasteiger partial charge in [0.1, 0.15) is 0 Å². The van der Waals surface area contributed by atoms with E-state index in [0.29, 0.717) is 12.0 Å². The zero-order valence-corrected chi connectivity index (χ0v) is 12.6. The van der Waals surface area contributed by atoms with Crippen LogP contribution in [0.2, 0.25) is 0 Å². The molecule has 0 radical (unpaired) electrons. The van der Waals surface area contributed by atoms with Gasteiger partial charge in [0.05, 0.1) is 4.90 Å². The molecule has 0 aliphatic heterocycles. The maximum absolute atomic E-state index is 11.9. The quantitative estimate of drug-likeness (QED) is 0.535. The molecule has 0 bridgehead atoms. The van der Waals surface area contributed by atoms with Gasteiger partial charge in [-0.2, -0.15) is 0 Å². The molecule has 0 aliphatic carbocycles. The van der Waals surface area contributed by atoms with Crippen molar-refractivity contribution in [2.45, 2.75) is 37.5 Å². The highest BCUT2D eigenvalue weighted by molar-refractivity contribution is 7.89. The number of nitrogens with one attached hydrogen (secondary N) is 1. The molecule has 0 spiro atoms. The predicted molar refractivity (Wildman–Crippen MR) is 77.7 cm³/mol. The number of rotatable bonds is 9. The number of carbonyl (C=O) groups excluding carboxylic acids is 1. The molecule has 0 saturated heterocycles. The minimum absolute atomic E-state index is 0.0177. The summed E-state index contributed by atoms with van der Waals surface area (Å²) in [5, 5.41) is 8.48. The summed E-state index contributed by atoms with van der Waals surface area (Å²) in [6, 6.07) is 5.73. The molecule has 0 heterocycles. The summed E-state index contributed by atoms with van der Waals surface area (Å²) in [7, 11) is -3.67.